The average molecular weight is 369 g/mol. The summed E-state index contributed by atoms with van der Waals surface area (Å²) in [7, 11) is 0. The zero-order valence-corrected chi connectivity index (χ0v) is 16.3. The van der Waals surface area contributed by atoms with Crippen molar-refractivity contribution in [3.8, 4) is 0 Å². The normalized spacial score (nSPS) is 25.9. The molecule has 1 aromatic rings. The molecule has 1 heterocycles. The molecule has 2 aliphatic carbocycles. The Kier molecular flexibility index (Phi) is 5.80. The number of rotatable bonds is 4. The van der Waals surface area contributed by atoms with Crippen LogP contribution in [0.4, 0.5) is 5.69 Å². The smallest absolute Gasteiger partial charge is 0.230 e. The highest BCUT2D eigenvalue weighted by atomic mass is 16.2. The predicted molar refractivity (Wildman–Crippen MR) is 108 cm³/mol. The molecule has 4 heteroatoms. The SMILES string of the molecule is O=C(NCC1CCCCC1)C1CCCCC1C(=O)N1CCc2ccccc21. The Bertz CT molecular complexity index is 681. The molecular formula is C23H32N2O2. The summed E-state index contributed by atoms with van der Waals surface area (Å²) in [5.41, 5.74) is 2.30. The van der Waals surface area contributed by atoms with Gasteiger partial charge in [-0.2, -0.15) is 0 Å². The summed E-state index contributed by atoms with van der Waals surface area (Å²) in [6.07, 6.45) is 11.1. The van der Waals surface area contributed by atoms with Crippen LogP contribution in [-0.4, -0.2) is 24.9 Å². The van der Waals surface area contributed by atoms with Gasteiger partial charge in [0, 0.05) is 24.7 Å². The van der Waals surface area contributed by atoms with Crippen molar-refractivity contribution in [1.29, 1.82) is 0 Å². The summed E-state index contributed by atoms with van der Waals surface area (Å²) < 4.78 is 0. The molecule has 2 fully saturated rings. The van der Waals surface area contributed by atoms with Crippen molar-refractivity contribution in [2.75, 3.05) is 18.0 Å². The van der Waals surface area contributed by atoms with Crippen LogP contribution in [0, 0.1) is 17.8 Å². The minimum absolute atomic E-state index is 0.117. The topological polar surface area (TPSA) is 49.4 Å². The van der Waals surface area contributed by atoms with Crippen LogP contribution in [0.25, 0.3) is 0 Å². The second-order valence-corrected chi connectivity index (χ2v) is 8.62. The molecule has 2 atom stereocenters. The van der Waals surface area contributed by atoms with E-state index >= 15 is 0 Å². The maximum atomic E-state index is 13.3. The molecule has 146 valence electrons. The summed E-state index contributed by atoms with van der Waals surface area (Å²) in [5, 5.41) is 3.21. The van der Waals surface area contributed by atoms with Crippen LogP contribution in [0.2, 0.25) is 0 Å². The third-order valence-corrected chi connectivity index (χ3v) is 6.86. The molecule has 0 aromatic heterocycles. The fourth-order valence-corrected chi connectivity index (χ4v) is 5.27. The molecule has 2 amide bonds. The maximum absolute atomic E-state index is 13.3. The van der Waals surface area contributed by atoms with Gasteiger partial charge in [-0.25, -0.2) is 0 Å². The first-order valence-corrected chi connectivity index (χ1v) is 10.9. The van der Waals surface area contributed by atoms with Gasteiger partial charge in [-0.1, -0.05) is 50.3 Å². The van der Waals surface area contributed by atoms with Crippen molar-refractivity contribution >= 4 is 17.5 Å². The maximum Gasteiger partial charge on any atom is 0.230 e. The van der Waals surface area contributed by atoms with Crippen LogP contribution in [0.3, 0.4) is 0 Å². The number of hydrogen-bond acceptors (Lipinski definition) is 2. The first-order chi connectivity index (χ1) is 13.2. The molecule has 0 radical (unpaired) electrons. The number of nitrogens with zero attached hydrogens (tertiary/aromatic N) is 1. The van der Waals surface area contributed by atoms with E-state index in [-0.39, 0.29) is 23.7 Å². The van der Waals surface area contributed by atoms with Gasteiger partial charge < -0.3 is 10.2 Å². The van der Waals surface area contributed by atoms with Crippen LogP contribution in [0.1, 0.15) is 63.4 Å². The van der Waals surface area contributed by atoms with E-state index in [0.717, 1.165) is 50.9 Å². The lowest BCUT2D eigenvalue weighted by molar-refractivity contribution is -0.135. The highest BCUT2D eigenvalue weighted by molar-refractivity contribution is 5.99. The lowest BCUT2D eigenvalue weighted by atomic mass is 9.77. The molecule has 27 heavy (non-hydrogen) atoms. The summed E-state index contributed by atoms with van der Waals surface area (Å²) >= 11 is 0. The molecule has 3 aliphatic rings. The molecule has 4 rings (SSSR count). The van der Waals surface area contributed by atoms with Gasteiger partial charge in [-0.3, -0.25) is 9.59 Å². The Hall–Kier alpha value is -1.84. The van der Waals surface area contributed by atoms with Gasteiger partial charge in [-0.15, -0.1) is 0 Å². The van der Waals surface area contributed by atoms with Crippen molar-refractivity contribution < 1.29 is 9.59 Å². The summed E-state index contributed by atoms with van der Waals surface area (Å²) in [6.45, 7) is 1.55. The number of carbonyl (C=O) groups excluding carboxylic acids is 2. The number of amides is 2. The molecule has 1 N–H and O–H groups in total. The molecule has 1 aliphatic heterocycles. The molecule has 0 spiro atoms. The molecule has 1 aromatic carbocycles. The van der Waals surface area contributed by atoms with Crippen LogP contribution in [-0.2, 0) is 16.0 Å². The van der Waals surface area contributed by atoms with Crippen molar-refractivity contribution in [1.82, 2.24) is 5.32 Å². The zero-order valence-electron chi connectivity index (χ0n) is 16.3. The van der Waals surface area contributed by atoms with Crippen molar-refractivity contribution in [2.45, 2.75) is 64.2 Å². The fourth-order valence-electron chi connectivity index (χ4n) is 5.27. The number of benzene rings is 1. The molecule has 0 saturated heterocycles. The number of anilines is 1. The fraction of sp³-hybridized carbons (Fsp3) is 0.652. The standard InChI is InChI=1S/C23H32N2O2/c26-22(24-16-17-8-2-1-3-9-17)19-11-5-6-12-20(19)23(27)25-15-14-18-10-4-7-13-21(18)25/h4,7,10,13,17,19-20H,1-3,5-6,8-9,11-12,14-16H2,(H,24,26). The first-order valence-electron chi connectivity index (χ1n) is 10.9. The lowest BCUT2D eigenvalue weighted by Gasteiger charge is -2.33. The quantitative estimate of drug-likeness (QED) is 0.871. The number of hydrogen-bond donors (Lipinski definition) is 1. The molecule has 2 unspecified atom stereocenters. The van der Waals surface area contributed by atoms with Gasteiger partial charge in [0.2, 0.25) is 11.8 Å². The largest absolute Gasteiger partial charge is 0.356 e. The highest BCUT2D eigenvalue weighted by Gasteiger charge is 2.39. The van der Waals surface area contributed by atoms with Gasteiger partial charge in [0.1, 0.15) is 0 Å². The monoisotopic (exact) mass is 368 g/mol. The molecule has 4 nitrogen and oxygen atoms in total. The number of para-hydroxylation sites is 1. The first kappa shape index (κ1) is 18.5. The second kappa shape index (κ2) is 8.45. The van der Waals surface area contributed by atoms with E-state index in [9.17, 15) is 9.59 Å². The third kappa shape index (κ3) is 4.04. The highest BCUT2D eigenvalue weighted by Crippen LogP contribution is 2.36. The van der Waals surface area contributed by atoms with E-state index in [4.69, 9.17) is 0 Å². The van der Waals surface area contributed by atoms with E-state index in [1.807, 2.05) is 23.1 Å². The Balaban J connectivity index is 1.41. The van der Waals surface area contributed by atoms with Gasteiger partial charge in [-0.05, 0) is 49.7 Å². The van der Waals surface area contributed by atoms with E-state index in [2.05, 4.69) is 11.4 Å². The van der Waals surface area contributed by atoms with Crippen LogP contribution < -0.4 is 10.2 Å². The average Bonchev–Trinajstić information content (AvgIpc) is 3.16. The summed E-state index contributed by atoms with van der Waals surface area (Å²) in [6, 6.07) is 8.19. The minimum Gasteiger partial charge on any atom is -0.356 e. The van der Waals surface area contributed by atoms with E-state index in [0.29, 0.717) is 5.92 Å². The van der Waals surface area contributed by atoms with Gasteiger partial charge in [0.05, 0.1) is 5.92 Å². The Morgan fingerprint density at radius 3 is 2.44 bits per heavy atom. The van der Waals surface area contributed by atoms with E-state index in [1.165, 1.54) is 37.7 Å². The molecule has 0 bridgehead atoms. The van der Waals surface area contributed by atoms with Gasteiger partial charge in [0.15, 0.2) is 0 Å². The van der Waals surface area contributed by atoms with Crippen LogP contribution in [0.5, 0.6) is 0 Å². The van der Waals surface area contributed by atoms with Crippen LogP contribution >= 0.6 is 0 Å². The minimum atomic E-state index is -0.156. The van der Waals surface area contributed by atoms with Gasteiger partial charge >= 0.3 is 0 Å². The summed E-state index contributed by atoms with van der Waals surface area (Å²) in [5.74, 6) is 0.605. The van der Waals surface area contributed by atoms with Crippen LogP contribution in [0.15, 0.2) is 24.3 Å². The predicted octanol–water partition coefficient (Wildman–Crippen LogP) is 4.08. The second-order valence-electron chi connectivity index (χ2n) is 8.62. The Morgan fingerprint density at radius 2 is 1.63 bits per heavy atom. The number of nitrogens with one attached hydrogen (secondary N) is 1. The zero-order chi connectivity index (χ0) is 18.6. The number of fused-ring (bicyclic) bond motifs is 1. The lowest BCUT2D eigenvalue weighted by Crippen LogP contribution is -2.46. The van der Waals surface area contributed by atoms with Crippen molar-refractivity contribution in [3.63, 3.8) is 0 Å². The third-order valence-electron chi connectivity index (χ3n) is 6.86. The van der Waals surface area contributed by atoms with Crippen molar-refractivity contribution in [3.05, 3.63) is 29.8 Å². The Labute approximate surface area is 162 Å². The summed E-state index contributed by atoms with van der Waals surface area (Å²) in [4.78, 5) is 28.2. The van der Waals surface area contributed by atoms with Gasteiger partial charge in [0.25, 0.3) is 0 Å². The van der Waals surface area contributed by atoms with Crippen molar-refractivity contribution in [2.24, 2.45) is 17.8 Å². The van der Waals surface area contributed by atoms with E-state index in [1.54, 1.807) is 0 Å². The number of carbonyl (C=O) groups is 2. The Morgan fingerprint density at radius 1 is 0.926 bits per heavy atom. The van der Waals surface area contributed by atoms with E-state index < -0.39 is 0 Å². The molecule has 2 saturated carbocycles. The molecular weight excluding hydrogens is 336 g/mol.